The molecule has 0 rings (SSSR count). The van der Waals surface area contributed by atoms with Crippen molar-refractivity contribution in [1.82, 2.24) is 5.32 Å². The van der Waals surface area contributed by atoms with Gasteiger partial charge < -0.3 is 28.8 Å². The first-order valence-electron chi connectivity index (χ1n) is 29.0. The molecule has 0 heterocycles. The Morgan fingerprint density at radius 3 is 1.19 bits per heavy atom. The second kappa shape index (κ2) is 50.4. The van der Waals surface area contributed by atoms with E-state index in [0.29, 0.717) is 17.4 Å². The summed E-state index contributed by atoms with van der Waals surface area (Å²) in [5, 5.41) is 13.9. The Hall–Kier alpha value is -1.54. The summed E-state index contributed by atoms with van der Waals surface area (Å²) in [7, 11) is 1.24. The molecule has 3 atom stereocenters. The Kier molecular flexibility index (Phi) is 49.3. The minimum Gasteiger partial charge on any atom is -0.756 e. The molecule has 0 radical (unpaired) electrons. The third kappa shape index (κ3) is 52.3. The van der Waals surface area contributed by atoms with Crippen LogP contribution in [0.5, 0.6) is 0 Å². The number of aliphatic hydroxyl groups is 1. The normalized spacial score (nSPS) is 14.3. The molecule has 0 aromatic carbocycles. The number of allylic oxidation sites excluding steroid dienone is 7. The predicted molar refractivity (Wildman–Crippen MR) is 293 cm³/mol. The van der Waals surface area contributed by atoms with Crippen molar-refractivity contribution in [2.45, 2.75) is 283 Å². The van der Waals surface area contributed by atoms with Gasteiger partial charge in [-0.1, -0.05) is 242 Å². The molecule has 0 aliphatic carbocycles. The Labute approximate surface area is 422 Å². The van der Waals surface area contributed by atoms with Crippen molar-refractivity contribution >= 4 is 13.7 Å². The Balaban J connectivity index is 4.30. The van der Waals surface area contributed by atoms with Gasteiger partial charge in [-0.2, -0.15) is 0 Å². The highest BCUT2D eigenvalue weighted by Crippen LogP contribution is 2.38. The van der Waals surface area contributed by atoms with Gasteiger partial charge in [0.25, 0.3) is 7.82 Å². The zero-order chi connectivity index (χ0) is 49.9. The fourth-order valence-corrected chi connectivity index (χ4v) is 9.14. The van der Waals surface area contributed by atoms with Gasteiger partial charge in [0, 0.05) is 6.42 Å². The number of amides is 1. The Morgan fingerprint density at radius 1 is 0.500 bits per heavy atom. The SMILES string of the molecule is CCCCCCCCCCCCCC/C=C\CCCCCCCCCC(=O)NC(COP(=O)([O-])OCC[N+](C)(C)C)C(O)/C=C/CC/C=C/CC/C=C/CCCCCCCCCCCCCCC. The molecule has 68 heavy (non-hydrogen) atoms. The van der Waals surface area contributed by atoms with Crippen molar-refractivity contribution in [3.63, 3.8) is 0 Å². The number of aliphatic hydroxyl groups excluding tert-OH is 1. The maximum atomic E-state index is 13.0. The molecule has 0 fully saturated rings. The van der Waals surface area contributed by atoms with Gasteiger partial charge in [-0.25, -0.2) is 0 Å². The second-order valence-corrected chi connectivity index (χ2v) is 22.4. The first-order chi connectivity index (χ1) is 33.0. The van der Waals surface area contributed by atoms with E-state index in [4.69, 9.17) is 9.05 Å². The smallest absolute Gasteiger partial charge is 0.268 e. The Bertz CT molecular complexity index is 1250. The maximum absolute atomic E-state index is 13.0. The number of unbranched alkanes of at least 4 members (excludes halogenated alkanes) is 34. The lowest BCUT2D eigenvalue weighted by Gasteiger charge is -2.29. The van der Waals surface area contributed by atoms with E-state index in [1.807, 2.05) is 27.2 Å². The third-order valence-electron chi connectivity index (χ3n) is 13.0. The summed E-state index contributed by atoms with van der Waals surface area (Å²) < 4.78 is 23.3. The molecule has 0 aromatic heterocycles. The summed E-state index contributed by atoms with van der Waals surface area (Å²) in [4.78, 5) is 25.5. The molecule has 0 aromatic rings. The number of hydrogen-bond acceptors (Lipinski definition) is 6. The van der Waals surface area contributed by atoms with E-state index < -0.39 is 26.6 Å². The summed E-state index contributed by atoms with van der Waals surface area (Å²) in [5.74, 6) is -0.214. The summed E-state index contributed by atoms with van der Waals surface area (Å²) in [6, 6.07) is -0.913. The summed E-state index contributed by atoms with van der Waals surface area (Å²) in [6.45, 7) is 4.65. The van der Waals surface area contributed by atoms with Crippen LogP contribution in [0.2, 0.25) is 0 Å². The van der Waals surface area contributed by atoms with Gasteiger partial charge in [0.15, 0.2) is 0 Å². The maximum Gasteiger partial charge on any atom is 0.268 e. The van der Waals surface area contributed by atoms with Crippen LogP contribution in [-0.2, 0) is 18.4 Å². The van der Waals surface area contributed by atoms with Crippen LogP contribution in [-0.4, -0.2) is 68.5 Å². The minimum atomic E-state index is -4.61. The molecular weight excluding hydrogens is 864 g/mol. The highest BCUT2D eigenvalue weighted by Gasteiger charge is 2.23. The van der Waals surface area contributed by atoms with E-state index in [0.717, 1.165) is 44.9 Å². The molecule has 2 N–H and O–H groups in total. The van der Waals surface area contributed by atoms with Crippen molar-refractivity contribution < 1.29 is 32.9 Å². The molecule has 0 saturated heterocycles. The Morgan fingerprint density at radius 2 is 0.824 bits per heavy atom. The van der Waals surface area contributed by atoms with Crippen molar-refractivity contribution in [3.05, 3.63) is 48.6 Å². The largest absolute Gasteiger partial charge is 0.756 e. The lowest BCUT2D eigenvalue weighted by Crippen LogP contribution is -2.45. The standard InChI is InChI=1S/C59H113N2O6P/c1-6-8-10-12-14-16-18-20-22-24-26-28-30-32-34-36-38-40-42-44-46-48-50-52-58(62)57(56-67-68(64,65)66-55-54-61(3,4)5)60-59(63)53-51-49-47-45-43-41-39-37-35-33-31-29-27-25-23-21-19-17-15-13-11-9-7-2/h33-36,42,44,50,52,57-58,62H,6-32,37-41,43,45-49,51,53-56H2,1-5H3,(H-,60,63,64,65)/b35-33-,36-34+,44-42+,52-50+. The third-order valence-corrected chi connectivity index (χ3v) is 14.0. The van der Waals surface area contributed by atoms with Gasteiger partial charge in [0.05, 0.1) is 39.9 Å². The zero-order valence-electron chi connectivity index (χ0n) is 45.6. The van der Waals surface area contributed by atoms with E-state index in [2.05, 4.69) is 55.6 Å². The number of nitrogens with one attached hydrogen (secondary N) is 1. The van der Waals surface area contributed by atoms with Crippen LogP contribution >= 0.6 is 7.82 Å². The molecule has 0 spiro atoms. The monoisotopic (exact) mass is 977 g/mol. The number of carbonyl (C=O) groups is 1. The number of nitrogens with zero attached hydrogens (tertiary/aromatic N) is 1. The molecule has 0 aliphatic rings. The summed E-state index contributed by atoms with van der Waals surface area (Å²) in [6.07, 6.45) is 66.2. The minimum absolute atomic E-state index is 0.0103. The average molecular weight is 978 g/mol. The number of phosphoric acid groups is 1. The van der Waals surface area contributed by atoms with Crippen LogP contribution < -0.4 is 10.2 Å². The fourth-order valence-electron chi connectivity index (χ4n) is 8.42. The van der Waals surface area contributed by atoms with E-state index >= 15 is 0 Å². The molecular formula is C59H113N2O6P. The second-order valence-electron chi connectivity index (χ2n) is 21.0. The first kappa shape index (κ1) is 66.5. The average Bonchev–Trinajstić information content (AvgIpc) is 3.30. The van der Waals surface area contributed by atoms with Crippen LogP contribution in [0.4, 0.5) is 0 Å². The van der Waals surface area contributed by atoms with Gasteiger partial charge in [0.2, 0.25) is 5.91 Å². The van der Waals surface area contributed by atoms with E-state index in [1.165, 1.54) is 205 Å². The number of carbonyl (C=O) groups excluding carboxylic acids is 1. The summed E-state index contributed by atoms with van der Waals surface area (Å²) in [5.41, 5.74) is 0. The van der Waals surface area contributed by atoms with Crippen LogP contribution in [0.1, 0.15) is 271 Å². The number of rotatable bonds is 53. The van der Waals surface area contributed by atoms with Crippen molar-refractivity contribution in [3.8, 4) is 0 Å². The molecule has 3 unspecified atom stereocenters. The van der Waals surface area contributed by atoms with E-state index in [9.17, 15) is 19.4 Å². The van der Waals surface area contributed by atoms with Gasteiger partial charge in [-0.15, -0.1) is 0 Å². The van der Waals surface area contributed by atoms with Crippen molar-refractivity contribution in [2.75, 3.05) is 40.9 Å². The highest BCUT2D eigenvalue weighted by molar-refractivity contribution is 7.45. The number of likely N-dealkylation sites (N-methyl/N-ethyl adjacent to an activating group) is 1. The quantitative estimate of drug-likeness (QED) is 0.0272. The lowest BCUT2D eigenvalue weighted by molar-refractivity contribution is -0.870. The molecule has 0 saturated carbocycles. The van der Waals surface area contributed by atoms with Gasteiger partial charge in [-0.3, -0.25) is 9.36 Å². The van der Waals surface area contributed by atoms with E-state index in [1.54, 1.807) is 6.08 Å². The predicted octanol–water partition coefficient (Wildman–Crippen LogP) is 16.9. The molecule has 0 aliphatic heterocycles. The fraction of sp³-hybridized carbons (Fsp3) is 0.847. The van der Waals surface area contributed by atoms with Crippen molar-refractivity contribution in [2.24, 2.45) is 0 Å². The number of quaternary nitrogens is 1. The number of phosphoric ester groups is 1. The molecule has 400 valence electrons. The highest BCUT2D eigenvalue weighted by atomic mass is 31.2. The van der Waals surface area contributed by atoms with E-state index in [-0.39, 0.29) is 12.5 Å². The number of hydrogen-bond donors (Lipinski definition) is 2. The van der Waals surface area contributed by atoms with Crippen LogP contribution in [0, 0.1) is 0 Å². The van der Waals surface area contributed by atoms with Crippen molar-refractivity contribution in [1.29, 1.82) is 0 Å². The topological polar surface area (TPSA) is 108 Å². The van der Waals surface area contributed by atoms with Gasteiger partial charge in [0.1, 0.15) is 13.2 Å². The molecule has 1 amide bonds. The summed E-state index contributed by atoms with van der Waals surface area (Å²) >= 11 is 0. The van der Waals surface area contributed by atoms with Crippen LogP contribution in [0.25, 0.3) is 0 Å². The van der Waals surface area contributed by atoms with Gasteiger partial charge in [-0.05, 0) is 70.6 Å². The molecule has 8 nitrogen and oxygen atoms in total. The zero-order valence-corrected chi connectivity index (χ0v) is 46.5. The molecule has 9 heteroatoms. The molecule has 0 bridgehead atoms. The first-order valence-corrected chi connectivity index (χ1v) is 30.5. The van der Waals surface area contributed by atoms with Gasteiger partial charge >= 0.3 is 0 Å². The van der Waals surface area contributed by atoms with Crippen LogP contribution in [0.3, 0.4) is 0 Å². The lowest BCUT2D eigenvalue weighted by atomic mass is 10.0. The van der Waals surface area contributed by atoms with Crippen LogP contribution in [0.15, 0.2) is 48.6 Å².